The summed E-state index contributed by atoms with van der Waals surface area (Å²) in [7, 11) is -3.85. The van der Waals surface area contributed by atoms with Gasteiger partial charge in [0.25, 0.3) is 0 Å². The van der Waals surface area contributed by atoms with Gasteiger partial charge in [-0.1, -0.05) is 25.0 Å². The fourth-order valence-corrected chi connectivity index (χ4v) is 5.17. The van der Waals surface area contributed by atoms with Crippen molar-refractivity contribution in [3.05, 3.63) is 30.1 Å². The van der Waals surface area contributed by atoms with Gasteiger partial charge in [0.05, 0.1) is 6.04 Å². The molecule has 2 aliphatic rings. The first-order chi connectivity index (χ1) is 12.4. The van der Waals surface area contributed by atoms with Gasteiger partial charge in [-0.05, 0) is 31.9 Å². The number of benzene rings is 1. The normalized spacial score (nSPS) is 21.6. The van der Waals surface area contributed by atoms with Crippen LogP contribution in [0.25, 0.3) is 0 Å². The summed E-state index contributed by atoms with van der Waals surface area (Å²) in [5.74, 6) is -0.735. The van der Waals surface area contributed by atoms with Gasteiger partial charge >= 0.3 is 0 Å². The predicted octanol–water partition coefficient (Wildman–Crippen LogP) is 1.58. The highest BCUT2D eigenvalue weighted by molar-refractivity contribution is 7.89. The average Bonchev–Trinajstić information content (AvgIpc) is 3.14. The topological polar surface area (TPSA) is 69.7 Å². The van der Waals surface area contributed by atoms with Crippen LogP contribution in [0.3, 0.4) is 0 Å². The van der Waals surface area contributed by atoms with E-state index in [2.05, 4.69) is 5.32 Å². The van der Waals surface area contributed by atoms with Crippen LogP contribution in [0.15, 0.2) is 29.2 Å². The molecule has 0 bridgehead atoms. The van der Waals surface area contributed by atoms with Crippen LogP contribution in [0.4, 0.5) is 4.39 Å². The molecule has 1 amide bonds. The van der Waals surface area contributed by atoms with Gasteiger partial charge in [-0.15, -0.1) is 0 Å². The van der Waals surface area contributed by atoms with E-state index in [1.54, 1.807) is 0 Å². The maximum Gasteiger partial charge on any atom is 0.246 e. The van der Waals surface area contributed by atoms with Crippen molar-refractivity contribution in [2.45, 2.75) is 49.6 Å². The second-order valence-corrected chi connectivity index (χ2v) is 8.94. The molecule has 0 aromatic heterocycles. The van der Waals surface area contributed by atoms with Crippen LogP contribution < -0.4 is 5.32 Å². The van der Waals surface area contributed by atoms with Crippen LogP contribution in [0.2, 0.25) is 0 Å². The van der Waals surface area contributed by atoms with E-state index in [1.807, 2.05) is 11.8 Å². The van der Waals surface area contributed by atoms with Crippen molar-refractivity contribution in [3.8, 4) is 0 Å². The van der Waals surface area contributed by atoms with Crippen molar-refractivity contribution in [1.29, 1.82) is 0 Å². The fraction of sp³-hybridized carbons (Fsp3) is 0.611. The van der Waals surface area contributed by atoms with Crippen LogP contribution in [0, 0.1) is 5.82 Å². The summed E-state index contributed by atoms with van der Waals surface area (Å²) < 4.78 is 40.4. The monoisotopic (exact) mass is 383 g/mol. The molecule has 1 atom stereocenters. The highest BCUT2D eigenvalue weighted by Gasteiger charge is 2.33. The standard InChI is InChI=1S/C18H26FN3O3S/c1-14(18(23)20-15-6-2-3-7-15)21-10-12-22(13-11-21)26(24,25)17-9-5-4-8-16(17)19/h4-5,8-9,14-15H,2-3,6-7,10-13H2,1H3,(H,20,23)/t14-/m1/s1. The molecule has 1 heterocycles. The van der Waals surface area contributed by atoms with Crippen LogP contribution >= 0.6 is 0 Å². The van der Waals surface area contributed by atoms with Crippen molar-refractivity contribution in [2.75, 3.05) is 26.2 Å². The number of nitrogens with zero attached hydrogens (tertiary/aromatic N) is 2. The molecule has 1 saturated heterocycles. The van der Waals surface area contributed by atoms with Crippen LogP contribution in [-0.2, 0) is 14.8 Å². The lowest BCUT2D eigenvalue weighted by Crippen LogP contribution is -2.55. The van der Waals surface area contributed by atoms with Crippen LogP contribution in [-0.4, -0.2) is 61.8 Å². The van der Waals surface area contributed by atoms with Crippen LogP contribution in [0.5, 0.6) is 0 Å². The second-order valence-electron chi connectivity index (χ2n) is 7.04. The van der Waals surface area contributed by atoms with Crippen molar-refractivity contribution in [1.82, 2.24) is 14.5 Å². The van der Waals surface area contributed by atoms with Crippen molar-refractivity contribution in [3.63, 3.8) is 0 Å². The lowest BCUT2D eigenvalue weighted by atomic mass is 10.2. The lowest BCUT2D eigenvalue weighted by Gasteiger charge is -2.37. The number of hydrogen-bond donors (Lipinski definition) is 1. The van der Waals surface area contributed by atoms with Crippen molar-refractivity contribution >= 4 is 15.9 Å². The summed E-state index contributed by atoms with van der Waals surface area (Å²) in [6.45, 7) is 3.25. The number of piperazine rings is 1. The summed E-state index contributed by atoms with van der Waals surface area (Å²) >= 11 is 0. The highest BCUT2D eigenvalue weighted by Crippen LogP contribution is 2.21. The Kier molecular flexibility index (Phi) is 5.94. The first kappa shape index (κ1) is 19.3. The zero-order valence-electron chi connectivity index (χ0n) is 15.0. The molecular formula is C18H26FN3O3S. The number of nitrogens with one attached hydrogen (secondary N) is 1. The minimum absolute atomic E-state index is 0.00214. The summed E-state index contributed by atoms with van der Waals surface area (Å²) in [5, 5.41) is 3.09. The van der Waals surface area contributed by atoms with E-state index in [-0.39, 0.29) is 36.0 Å². The molecule has 1 saturated carbocycles. The average molecular weight is 383 g/mol. The Balaban J connectivity index is 1.58. The van der Waals surface area contributed by atoms with Gasteiger partial charge in [0.15, 0.2) is 0 Å². The van der Waals surface area contributed by atoms with Gasteiger partial charge in [0.1, 0.15) is 10.7 Å². The Morgan fingerprint density at radius 1 is 1.15 bits per heavy atom. The maximum atomic E-state index is 13.9. The maximum absolute atomic E-state index is 13.9. The zero-order valence-corrected chi connectivity index (χ0v) is 15.8. The minimum Gasteiger partial charge on any atom is -0.352 e. The molecule has 6 nitrogen and oxygen atoms in total. The Labute approximate surface area is 154 Å². The van der Waals surface area contributed by atoms with Gasteiger partial charge in [-0.25, -0.2) is 12.8 Å². The number of hydrogen-bond acceptors (Lipinski definition) is 4. The zero-order chi connectivity index (χ0) is 18.7. The molecule has 2 fully saturated rings. The molecule has 8 heteroatoms. The van der Waals surface area contributed by atoms with Crippen LogP contribution in [0.1, 0.15) is 32.6 Å². The third-order valence-electron chi connectivity index (χ3n) is 5.36. The Morgan fingerprint density at radius 2 is 1.77 bits per heavy atom. The van der Waals surface area contributed by atoms with E-state index in [9.17, 15) is 17.6 Å². The highest BCUT2D eigenvalue weighted by atomic mass is 32.2. The van der Waals surface area contributed by atoms with Gasteiger partial charge in [-0.3, -0.25) is 9.69 Å². The van der Waals surface area contributed by atoms with Gasteiger partial charge in [0.2, 0.25) is 15.9 Å². The van der Waals surface area contributed by atoms with Crippen molar-refractivity contribution < 1.29 is 17.6 Å². The number of carbonyl (C=O) groups is 1. The summed E-state index contributed by atoms with van der Waals surface area (Å²) in [6.07, 6.45) is 4.39. The van der Waals surface area contributed by atoms with Gasteiger partial charge in [-0.2, -0.15) is 4.31 Å². The van der Waals surface area contributed by atoms with E-state index in [4.69, 9.17) is 0 Å². The van der Waals surface area contributed by atoms with E-state index in [0.29, 0.717) is 13.1 Å². The van der Waals surface area contributed by atoms with E-state index in [0.717, 1.165) is 31.7 Å². The number of sulfonamides is 1. The van der Waals surface area contributed by atoms with E-state index < -0.39 is 15.8 Å². The number of amides is 1. The predicted molar refractivity (Wildman–Crippen MR) is 96.6 cm³/mol. The minimum atomic E-state index is -3.85. The van der Waals surface area contributed by atoms with Crippen molar-refractivity contribution in [2.24, 2.45) is 0 Å². The third kappa shape index (κ3) is 4.07. The summed E-state index contributed by atoms with van der Waals surface area (Å²) in [5.41, 5.74) is 0. The largest absolute Gasteiger partial charge is 0.352 e. The molecule has 0 unspecified atom stereocenters. The molecule has 1 aliphatic heterocycles. The number of halogens is 1. The Hall–Kier alpha value is -1.51. The SMILES string of the molecule is C[C@H](C(=O)NC1CCCC1)N1CCN(S(=O)(=O)c2ccccc2F)CC1. The van der Waals surface area contributed by atoms with E-state index >= 15 is 0 Å². The summed E-state index contributed by atoms with van der Waals surface area (Å²) in [6, 6.07) is 5.40. The fourth-order valence-electron chi connectivity index (χ4n) is 3.68. The molecule has 26 heavy (non-hydrogen) atoms. The number of carbonyl (C=O) groups excluding carboxylic acids is 1. The molecular weight excluding hydrogens is 357 g/mol. The molecule has 0 radical (unpaired) electrons. The second kappa shape index (κ2) is 8.02. The summed E-state index contributed by atoms with van der Waals surface area (Å²) in [4.78, 5) is 14.1. The molecule has 1 N–H and O–H groups in total. The first-order valence-electron chi connectivity index (χ1n) is 9.18. The molecule has 0 spiro atoms. The third-order valence-corrected chi connectivity index (χ3v) is 7.29. The molecule has 144 valence electrons. The molecule has 1 aromatic carbocycles. The smallest absolute Gasteiger partial charge is 0.246 e. The molecule has 1 aliphatic carbocycles. The first-order valence-corrected chi connectivity index (χ1v) is 10.6. The molecule has 3 rings (SSSR count). The molecule has 1 aromatic rings. The quantitative estimate of drug-likeness (QED) is 0.838. The van der Waals surface area contributed by atoms with E-state index in [1.165, 1.54) is 22.5 Å². The lowest BCUT2D eigenvalue weighted by molar-refractivity contribution is -0.127. The Morgan fingerprint density at radius 3 is 2.38 bits per heavy atom. The van der Waals surface area contributed by atoms with Gasteiger partial charge in [0, 0.05) is 32.2 Å². The number of rotatable bonds is 5. The Bertz CT molecular complexity index is 742. The van der Waals surface area contributed by atoms with Gasteiger partial charge < -0.3 is 5.32 Å².